The van der Waals surface area contributed by atoms with Crippen molar-refractivity contribution in [2.75, 3.05) is 0 Å². The van der Waals surface area contributed by atoms with Crippen LogP contribution in [0.2, 0.25) is 37.8 Å². The third-order valence-corrected chi connectivity index (χ3v) is 13.0. The van der Waals surface area contributed by atoms with Gasteiger partial charge in [0.25, 0.3) is 0 Å². The summed E-state index contributed by atoms with van der Waals surface area (Å²) in [4.78, 5) is 0. The molecule has 0 N–H and O–H groups in total. The minimum atomic E-state index is -1.52. The average Bonchev–Trinajstić information content (AvgIpc) is 2.56. The van der Waals surface area contributed by atoms with Crippen LogP contribution in [-0.2, 0) is 0 Å². The lowest BCUT2D eigenvalue weighted by Crippen LogP contribution is -2.50. The van der Waals surface area contributed by atoms with E-state index < -0.39 is 16.1 Å². The summed E-state index contributed by atoms with van der Waals surface area (Å²) in [5.74, 6) is 0. The Labute approximate surface area is 144 Å². The molecule has 0 nitrogen and oxygen atoms in total. The molecule has 0 aromatic heterocycles. The van der Waals surface area contributed by atoms with Crippen molar-refractivity contribution in [3.8, 4) is 0 Å². The SMILES string of the molecule is C/C=C\C(C[Si](C)(C)c1ccccc1)[Si](C)(C)c1ccccc1. The zero-order valence-corrected chi connectivity index (χ0v) is 17.2. The van der Waals surface area contributed by atoms with Gasteiger partial charge in [-0.25, -0.2) is 0 Å². The van der Waals surface area contributed by atoms with Crippen molar-refractivity contribution >= 4 is 26.5 Å². The van der Waals surface area contributed by atoms with Crippen LogP contribution in [0.25, 0.3) is 0 Å². The van der Waals surface area contributed by atoms with Gasteiger partial charge in [-0.1, -0.05) is 109 Å². The van der Waals surface area contributed by atoms with Crippen LogP contribution in [0.15, 0.2) is 72.8 Å². The van der Waals surface area contributed by atoms with E-state index in [0.717, 1.165) is 0 Å². The van der Waals surface area contributed by atoms with Crippen LogP contribution in [-0.4, -0.2) is 16.1 Å². The second-order valence-electron chi connectivity index (χ2n) is 7.67. The summed E-state index contributed by atoms with van der Waals surface area (Å²) < 4.78 is 0. The Morgan fingerprint density at radius 3 is 1.74 bits per heavy atom. The van der Waals surface area contributed by atoms with Gasteiger partial charge in [0.05, 0.1) is 16.1 Å². The molecule has 2 rings (SSSR count). The predicted molar refractivity (Wildman–Crippen MR) is 110 cm³/mol. The fourth-order valence-electron chi connectivity index (χ4n) is 3.43. The number of benzene rings is 2. The Morgan fingerprint density at radius 1 is 0.783 bits per heavy atom. The Hall–Kier alpha value is -1.39. The lowest BCUT2D eigenvalue weighted by atomic mass is 10.4. The zero-order valence-electron chi connectivity index (χ0n) is 15.2. The molecule has 1 atom stereocenters. The maximum Gasteiger partial charge on any atom is 0.0871 e. The van der Waals surface area contributed by atoms with Crippen molar-refractivity contribution < 1.29 is 0 Å². The number of hydrogen-bond acceptors (Lipinski definition) is 0. The molecule has 0 heterocycles. The number of hydrogen-bond donors (Lipinski definition) is 0. The molecular formula is C21H30Si2. The first-order valence-electron chi connectivity index (χ1n) is 8.62. The van der Waals surface area contributed by atoms with Gasteiger partial charge in [0.15, 0.2) is 0 Å². The maximum atomic E-state index is 2.53. The van der Waals surface area contributed by atoms with Crippen LogP contribution in [0.1, 0.15) is 6.92 Å². The minimum Gasteiger partial charge on any atom is -0.0917 e. The fraction of sp³-hybridized carbons (Fsp3) is 0.333. The van der Waals surface area contributed by atoms with Crippen molar-refractivity contribution in [2.24, 2.45) is 0 Å². The van der Waals surface area contributed by atoms with Gasteiger partial charge in [0.2, 0.25) is 0 Å². The molecule has 0 bridgehead atoms. The summed E-state index contributed by atoms with van der Waals surface area (Å²) in [6, 6.07) is 23.7. The van der Waals surface area contributed by atoms with Crippen molar-refractivity contribution in [1.82, 2.24) is 0 Å². The first-order valence-corrected chi connectivity index (χ1v) is 14.9. The van der Waals surface area contributed by atoms with Crippen LogP contribution < -0.4 is 10.4 Å². The minimum absolute atomic E-state index is 0.691. The monoisotopic (exact) mass is 338 g/mol. The molecular weight excluding hydrogens is 308 g/mol. The molecule has 0 saturated carbocycles. The molecule has 0 amide bonds. The smallest absolute Gasteiger partial charge is 0.0871 e. The molecule has 122 valence electrons. The molecule has 2 heteroatoms. The van der Waals surface area contributed by atoms with Gasteiger partial charge in [-0.15, -0.1) is 0 Å². The van der Waals surface area contributed by atoms with Gasteiger partial charge in [0, 0.05) is 0 Å². The highest BCUT2D eigenvalue weighted by Gasteiger charge is 2.37. The Bertz CT molecular complexity index is 627. The average molecular weight is 339 g/mol. The second kappa shape index (κ2) is 7.46. The third-order valence-electron chi connectivity index (χ3n) is 5.16. The maximum absolute atomic E-state index is 2.53. The van der Waals surface area contributed by atoms with E-state index in [9.17, 15) is 0 Å². The van der Waals surface area contributed by atoms with Crippen LogP contribution in [0, 0.1) is 0 Å². The van der Waals surface area contributed by atoms with E-state index in [1.165, 1.54) is 6.04 Å². The van der Waals surface area contributed by atoms with Gasteiger partial charge in [0.1, 0.15) is 0 Å². The van der Waals surface area contributed by atoms with Crippen molar-refractivity contribution in [3.05, 3.63) is 72.8 Å². The Kier molecular flexibility index (Phi) is 5.82. The van der Waals surface area contributed by atoms with Crippen LogP contribution in [0.5, 0.6) is 0 Å². The van der Waals surface area contributed by atoms with Crippen molar-refractivity contribution in [3.63, 3.8) is 0 Å². The molecule has 0 fully saturated rings. The highest BCUT2D eigenvalue weighted by molar-refractivity contribution is 6.95. The fourth-order valence-corrected chi connectivity index (χ4v) is 11.7. The predicted octanol–water partition coefficient (Wildman–Crippen LogP) is 5.16. The van der Waals surface area contributed by atoms with Gasteiger partial charge in [-0.2, -0.15) is 0 Å². The van der Waals surface area contributed by atoms with Gasteiger partial charge in [-0.05, 0) is 18.5 Å². The molecule has 1 unspecified atom stereocenters. The van der Waals surface area contributed by atoms with Crippen molar-refractivity contribution in [2.45, 2.75) is 44.7 Å². The first kappa shape index (κ1) is 18.0. The summed E-state index contributed by atoms with van der Waals surface area (Å²) in [5.41, 5.74) is 0.691. The van der Waals surface area contributed by atoms with Crippen LogP contribution in [0.3, 0.4) is 0 Å². The standard InChI is InChI=1S/C21H30Si2/c1-6-13-21(23(4,5)20-16-11-8-12-17-20)18-22(2,3)19-14-9-7-10-15-19/h6-17,21H,18H2,1-5H3/b13-6-. The molecule has 2 aromatic rings. The third kappa shape index (κ3) is 4.33. The molecule has 0 aliphatic carbocycles. The summed E-state index contributed by atoms with van der Waals surface area (Å²) in [6.45, 7) is 12.3. The van der Waals surface area contributed by atoms with Crippen LogP contribution >= 0.6 is 0 Å². The number of allylic oxidation sites excluding steroid dienone is 2. The topological polar surface area (TPSA) is 0 Å². The Balaban J connectivity index is 2.32. The van der Waals surface area contributed by atoms with E-state index in [2.05, 4.69) is 106 Å². The van der Waals surface area contributed by atoms with E-state index in [0.29, 0.717) is 5.54 Å². The highest BCUT2D eigenvalue weighted by Crippen LogP contribution is 2.32. The summed E-state index contributed by atoms with van der Waals surface area (Å²) in [6.07, 6.45) is 4.74. The van der Waals surface area contributed by atoms with E-state index in [1.807, 2.05) is 0 Å². The van der Waals surface area contributed by atoms with Gasteiger partial charge < -0.3 is 0 Å². The van der Waals surface area contributed by atoms with Gasteiger partial charge >= 0.3 is 0 Å². The molecule has 0 aliphatic heterocycles. The summed E-state index contributed by atoms with van der Waals surface area (Å²) in [5, 5.41) is 3.15. The highest BCUT2D eigenvalue weighted by atomic mass is 28.3. The molecule has 0 radical (unpaired) electrons. The van der Waals surface area contributed by atoms with Crippen LogP contribution in [0.4, 0.5) is 0 Å². The second-order valence-corrected chi connectivity index (χ2v) is 17.2. The normalized spacial score (nSPS) is 14.1. The molecule has 0 spiro atoms. The van der Waals surface area contributed by atoms with E-state index in [1.54, 1.807) is 10.4 Å². The molecule has 0 aliphatic rings. The van der Waals surface area contributed by atoms with E-state index in [4.69, 9.17) is 0 Å². The largest absolute Gasteiger partial charge is 0.0917 e. The van der Waals surface area contributed by atoms with E-state index >= 15 is 0 Å². The van der Waals surface area contributed by atoms with Gasteiger partial charge in [-0.3, -0.25) is 0 Å². The summed E-state index contributed by atoms with van der Waals surface area (Å²) in [7, 11) is -2.96. The first-order chi connectivity index (χ1) is 10.9. The zero-order chi connectivity index (χ0) is 16.9. The molecule has 2 aromatic carbocycles. The quantitative estimate of drug-likeness (QED) is 0.504. The lowest BCUT2D eigenvalue weighted by Gasteiger charge is -2.36. The number of rotatable bonds is 6. The summed E-state index contributed by atoms with van der Waals surface area (Å²) >= 11 is 0. The van der Waals surface area contributed by atoms with E-state index in [-0.39, 0.29) is 0 Å². The molecule has 23 heavy (non-hydrogen) atoms. The lowest BCUT2D eigenvalue weighted by molar-refractivity contribution is 1.09. The Morgan fingerprint density at radius 2 is 1.26 bits per heavy atom. The van der Waals surface area contributed by atoms with Crippen molar-refractivity contribution in [1.29, 1.82) is 0 Å². The molecule has 0 saturated heterocycles.